The van der Waals surface area contributed by atoms with Crippen LogP contribution in [0.3, 0.4) is 0 Å². The lowest BCUT2D eigenvalue weighted by atomic mass is 10.1. The molecule has 1 rings (SSSR count). The topological polar surface area (TPSA) is 61.8 Å². The number of hydrogen-bond donors (Lipinski definition) is 2. The van der Waals surface area contributed by atoms with Crippen LogP contribution in [0.4, 0.5) is 0 Å². The van der Waals surface area contributed by atoms with Crippen LogP contribution in [0.2, 0.25) is 0 Å². The van der Waals surface area contributed by atoms with Crippen molar-refractivity contribution < 1.29 is 14.6 Å². The van der Waals surface area contributed by atoms with Crippen LogP contribution < -0.4 is 10.1 Å². The number of ether oxygens (including phenoxy) is 1. The van der Waals surface area contributed by atoms with Gasteiger partial charge in [0.25, 0.3) is 0 Å². The Bertz CT molecular complexity index is 438. The molecule has 21 heavy (non-hydrogen) atoms. The Morgan fingerprint density at radius 3 is 2.48 bits per heavy atom. The first-order valence-corrected chi connectivity index (χ1v) is 7.11. The SMILES string of the molecule is COc1ccc(CCNC(=O)CN(C)CC(C)(C)O)cc1. The number of hydrogen-bond acceptors (Lipinski definition) is 4. The van der Waals surface area contributed by atoms with Crippen LogP contribution >= 0.6 is 0 Å². The fraction of sp³-hybridized carbons (Fsp3) is 0.562. The van der Waals surface area contributed by atoms with Crippen molar-refractivity contribution >= 4 is 5.91 Å². The monoisotopic (exact) mass is 294 g/mol. The Kier molecular flexibility index (Phi) is 6.65. The quantitative estimate of drug-likeness (QED) is 0.752. The number of methoxy groups -OCH3 is 1. The summed E-state index contributed by atoms with van der Waals surface area (Å²) >= 11 is 0. The van der Waals surface area contributed by atoms with E-state index in [1.54, 1.807) is 21.0 Å². The number of likely N-dealkylation sites (N-methyl/N-ethyl adjacent to an activating group) is 1. The molecule has 0 atom stereocenters. The Labute approximate surface area is 126 Å². The molecular weight excluding hydrogens is 268 g/mol. The van der Waals surface area contributed by atoms with Crippen molar-refractivity contribution in [3.63, 3.8) is 0 Å². The molecule has 0 unspecified atom stereocenters. The fourth-order valence-electron chi connectivity index (χ4n) is 2.16. The third-order valence-electron chi connectivity index (χ3n) is 2.97. The number of nitrogens with one attached hydrogen (secondary N) is 1. The number of aliphatic hydroxyl groups is 1. The lowest BCUT2D eigenvalue weighted by Gasteiger charge is -2.24. The summed E-state index contributed by atoms with van der Waals surface area (Å²) in [5, 5.41) is 12.6. The van der Waals surface area contributed by atoms with Crippen LogP contribution in [-0.4, -0.2) is 55.3 Å². The van der Waals surface area contributed by atoms with Gasteiger partial charge in [-0.1, -0.05) is 12.1 Å². The Hall–Kier alpha value is -1.59. The van der Waals surface area contributed by atoms with Gasteiger partial charge in [-0.15, -0.1) is 0 Å². The smallest absolute Gasteiger partial charge is 0.234 e. The third-order valence-corrected chi connectivity index (χ3v) is 2.97. The maximum atomic E-state index is 11.8. The van der Waals surface area contributed by atoms with Crippen molar-refractivity contribution in [2.24, 2.45) is 0 Å². The number of carbonyl (C=O) groups excluding carboxylic acids is 1. The summed E-state index contributed by atoms with van der Waals surface area (Å²) in [7, 11) is 3.46. The van der Waals surface area contributed by atoms with Gasteiger partial charge >= 0.3 is 0 Å². The molecule has 0 heterocycles. The van der Waals surface area contributed by atoms with Gasteiger partial charge < -0.3 is 15.2 Å². The first-order chi connectivity index (χ1) is 9.80. The van der Waals surface area contributed by atoms with Crippen LogP contribution in [0, 0.1) is 0 Å². The van der Waals surface area contributed by atoms with Gasteiger partial charge in [-0.3, -0.25) is 9.69 Å². The Morgan fingerprint density at radius 1 is 1.33 bits per heavy atom. The lowest BCUT2D eigenvalue weighted by molar-refractivity contribution is -0.122. The zero-order valence-corrected chi connectivity index (χ0v) is 13.3. The summed E-state index contributed by atoms with van der Waals surface area (Å²) < 4.78 is 5.10. The minimum atomic E-state index is -0.794. The molecule has 118 valence electrons. The van der Waals surface area contributed by atoms with E-state index in [4.69, 9.17) is 4.74 Å². The highest BCUT2D eigenvalue weighted by atomic mass is 16.5. The van der Waals surface area contributed by atoms with Crippen molar-refractivity contribution in [1.82, 2.24) is 10.2 Å². The molecule has 0 aliphatic carbocycles. The molecule has 0 aliphatic heterocycles. The first kappa shape index (κ1) is 17.5. The van der Waals surface area contributed by atoms with Gasteiger partial charge in [-0.25, -0.2) is 0 Å². The largest absolute Gasteiger partial charge is 0.497 e. The average molecular weight is 294 g/mol. The maximum absolute atomic E-state index is 11.8. The van der Waals surface area contributed by atoms with Crippen molar-refractivity contribution in [3.8, 4) is 5.75 Å². The van der Waals surface area contributed by atoms with Crippen LogP contribution in [-0.2, 0) is 11.2 Å². The van der Waals surface area contributed by atoms with Crippen LogP contribution in [0.25, 0.3) is 0 Å². The van der Waals surface area contributed by atoms with E-state index in [0.717, 1.165) is 17.7 Å². The van der Waals surface area contributed by atoms with Gasteiger partial charge in [0.2, 0.25) is 5.91 Å². The fourth-order valence-corrected chi connectivity index (χ4v) is 2.16. The van der Waals surface area contributed by atoms with Crippen molar-refractivity contribution in [2.45, 2.75) is 25.9 Å². The predicted octanol–water partition coefficient (Wildman–Crippen LogP) is 1.06. The normalized spacial score (nSPS) is 11.5. The number of amides is 1. The second kappa shape index (κ2) is 8.00. The van der Waals surface area contributed by atoms with Crippen molar-refractivity contribution in [3.05, 3.63) is 29.8 Å². The number of rotatable bonds is 8. The van der Waals surface area contributed by atoms with Gasteiger partial charge in [0.15, 0.2) is 0 Å². The standard InChI is InChI=1S/C16H26N2O3/c1-16(2,20)12-18(3)11-15(19)17-10-9-13-5-7-14(21-4)8-6-13/h5-8,20H,9-12H2,1-4H3,(H,17,19). The van der Waals surface area contributed by atoms with Crippen LogP contribution in [0.1, 0.15) is 19.4 Å². The molecular formula is C16H26N2O3. The van der Waals surface area contributed by atoms with E-state index in [0.29, 0.717) is 13.1 Å². The second-order valence-electron chi connectivity index (χ2n) is 5.93. The molecule has 0 fully saturated rings. The molecule has 0 bridgehead atoms. The molecule has 5 nitrogen and oxygen atoms in total. The van der Waals surface area contributed by atoms with Gasteiger partial charge in [0, 0.05) is 13.1 Å². The molecule has 0 radical (unpaired) electrons. The molecule has 1 amide bonds. The predicted molar refractivity (Wildman–Crippen MR) is 83.5 cm³/mol. The zero-order valence-electron chi connectivity index (χ0n) is 13.3. The van der Waals surface area contributed by atoms with E-state index in [1.165, 1.54) is 0 Å². The summed E-state index contributed by atoms with van der Waals surface area (Å²) in [6, 6.07) is 7.80. The summed E-state index contributed by atoms with van der Waals surface area (Å²) in [6.07, 6.45) is 0.783. The molecule has 1 aromatic rings. The average Bonchev–Trinajstić information content (AvgIpc) is 2.37. The van der Waals surface area contributed by atoms with E-state index < -0.39 is 5.60 Å². The van der Waals surface area contributed by atoms with E-state index >= 15 is 0 Å². The zero-order chi connectivity index (χ0) is 15.9. The minimum Gasteiger partial charge on any atom is -0.497 e. The van der Waals surface area contributed by atoms with E-state index in [9.17, 15) is 9.90 Å². The van der Waals surface area contributed by atoms with Gasteiger partial charge in [-0.05, 0) is 45.0 Å². The van der Waals surface area contributed by atoms with Crippen LogP contribution in [0.5, 0.6) is 5.75 Å². The third kappa shape index (κ3) is 7.68. The summed E-state index contributed by atoms with van der Waals surface area (Å²) in [5.41, 5.74) is 0.360. The second-order valence-corrected chi connectivity index (χ2v) is 5.93. The lowest BCUT2D eigenvalue weighted by Crippen LogP contribution is -2.42. The molecule has 0 saturated carbocycles. The number of carbonyl (C=O) groups is 1. The molecule has 0 saturated heterocycles. The minimum absolute atomic E-state index is 0.0322. The number of benzene rings is 1. The summed E-state index contributed by atoms with van der Waals surface area (Å²) in [6.45, 7) is 4.79. The Morgan fingerprint density at radius 2 is 1.95 bits per heavy atom. The van der Waals surface area contributed by atoms with Gasteiger partial charge in [0.1, 0.15) is 5.75 Å². The van der Waals surface area contributed by atoms with Gasteiger partial charge in [0.05, 0.1) is 19.3 Å². The molecule has 1 aromatic carbocycles. The molecule has 2 N–H and O–H groups in total. The van der Waals surface area contributed by atoms with E-state index in [1.807, 2.05) is 36.2 Å². The first-order valence-electron chi connectivity index (χ1n) is 7.11. The Balaban J connectivity index is 2.26. The number of nitrogens with zero attached hydrogens (tertiary/aromatic N) is 1. The van der Waals surface area contributed by atoms with E-state index in [-0.39, 0.29) is 12.5 Å². The molecule has 0 aromatic heterocycles. The van der Waals surface area contributed by atoms with Crippen LogP contribution in [0.15, 0.2) is 24.3 Å². The van der Waals surface area contributed by atoms with Crippen molar-refractivity contribution in [1.29, 1.82) is 0 Å². The van der Waals surface area contributed by atoms with Crippen molar-refractivity contribution in [2.75, 3.05) is 33.8 Å². The highest BCUT2D eigenvalue weighted by Crippen LogP contribution is 2.11. The van der Waals surface area contributed by atoms with E-state index in [2.05, 4.69) is 5.32 Å². The highest BCUT2D eigenvalue weighted by Gasteiger charge is 2.17. The maximum Gasteiger partial charge on any atom is 0.234 e. The summed E-state index contributed by atoms with van der Waals surface area (Å²) in [5.74, 6) is 0.797. The van der Waals surface area contributed by atoms with Gasteiger partial charge in [-0.2, -0.15) is 0 Å². The molecule has 0 aliphatic rings. The summed E-state index contributed by atoms with van der Waals surface area (Å²) in [4.78, 5) is 13.6. The highest BCUT2D eigenvalue weighted by molar-refractivity contribution is 5.77. The molecule has 5 heteroatoms. The molecule has 0 spiro atoms.